The van der Waals surface area contributed by atoms with Crippen molar-refractivity contribution in [2.75, 3.05) is 13.2 Å². The van der Waals surface area contributed by atoms with Crippen LogP contribution in [0.1, 0.15) is 12.0 Å². The highest BCUT2D eigenvalue weighted by atomic mass is 16.5. The molecule has 6 heteroatoms. The van der Waals surface area contributed by atoms with Crippen molar-refractivity contribution in [3.63, 3.8) is 0 Å². The standard InChI is InChI=1S/C18H18N2O4/c21-17(9-11-23-14-4-2-1-3-5-14)19-10-8-13-6-7-16-15(12-13)20-18(22)24-16/h1-7,12H,8-11H2,(H,19,21)(H,20,22). The van der Waals surface area contributed by atoms with Gasteiger partial charge in [-0.3, -0.25) is 9.78 Å². The molecule has 0 aliphatic rings. The van der Waals surface area contributed by atoms with Gasteiger partial charge in [-0.1, -0.05) is 24.3 Å². The van der Waals surface area contributed by atoms with Gasteiger partial charge in [-0.15, -0.1) is 0 Å². The maximum Gasteiger partial charge on any atom is 0.417 e. The summed E-state index contributed by atoms with van der Waals surface area (Å²) >= 11 is 0. The van der Waals surface area contributed by atoms with Gasteiger partial charge >= 0.3 is 5.76 Å². The maximum absolute atomic E-state index is 11.8. The number of aromatic nitrogens is 1. The minimum atomic E-state index is -0.464. The number of carbonyl (C=O) groups is 1. The molecule has 1 heterocycles. The van der Waals surface area contributed by atoms with Gasteiger partial charge in [0.2, 0.25) is 5.91 Å². The van der Waals surface area contributed by atoms with E-state index in [9.17, 15) is 9.59 Å². The van der Waals surface area contributed by atoms with Crippen molar-refractivity contribution in [2.24, 2.45) is 0 Å². The summed E-state index contributed by atoms with van der Waals surface area (Å²) in [6.45, 7) is 0.871. The number of fused-ring (bicyclic) bond motifs is 1. The highest BCUT2D eigenvalue weighted by molar-refractivity contribution is 5.76. The lowest BCUT2D eigenvalue weighted by Crippen LogP contribution is -2.27. The van der Waals surface area contributed by atoms with E-state index in [0.717, 1.165) is 11.3 Å². The summed E-state index contributed by atoms with van der Waals surface area (Å²) in [4.78, 5) is 25.5. The zero-order valence-corrected chi connectivity index (χ0v) is 13.1. The van der Waals surface area contributed by atoms with Gasteiger partial charge in [0.25, 0.3) is 0 Å². The van der Waals surface area contributed by atoms with Gasteiger partial charge in [0.1, 0.15) is 5.75 Å². The molecular weight excluding hydrogens is 308 g/mol. The van der Waals surface area contributed by atoms with Crippen molar-refractivity contribution in [3.8, 4) is 5.75 Å². The van der Waals surface area contributed by atoms with Crippen LogP contribution in [-0.4, -0.2) is 24.0 Å². The predicted molar refractivity (Wildman–Crippen MR) is 90.1 cm³/mol. The summed E-state index contributed by atoms with van der Waals surface area (Å²) in [7, 11) is 0. The molecule has 0 radical (unpaired) electrons. The monoisotopic (exact) mass is 326 g/mol. The number of oxazole rings is 1. The number of hydrogen-bond acceptors (Lipinski definition) is 4. The van der Waals surface area contributed by atoms with Gasteiger partial charge in [0.15, 0.2) is 5.58 Å². The summed E-state index contributed by atoms with van der Waals surface area (Å²) in [6.07, 6.45) is 0.984. The molecule has 0 aliphatic heterocycles. The molecule has 2 aromatic carbocycles. The van der Waals surface area contributed by atoms with Crippen molar-refractivity contribution < 1.29 is 13.9 Å². The predicted octanol–water partition coefficient (Wildman–Crippen LogP) is 2.25. The van der Waals surface area contributed by atoms with Crippen LogP contribution in [-0.2, 0) is 11.2 Å². The lowest BCUT2D eigenvalue weighted by atomic mass is 10.1. The minimum Gasteiger partial charge on any atom is -0.493 e. The molecule has 24 heavy (non-hydrogen) atoms. The summed E-state index contributed by atoms with van der Waals surface area (Å²) in [5.74, 6) is 0.241. The van der Waals surface area contributed by atoms with Crippen LogP contribution in [0.5, 0.6) is 5.75 Å². The number of aromatic amines is 1. The van der Waals surface area contributed by atoms with E-state index < -0.39 is 5.76 Å². The van der Waals surface area contributed by atoms with Crippen molar-refractivity contribution >= 4 is 17.0 Å². The summed E-state index contributed by atoms with van der Waals surface area (Å²) in [5, 5.41) is 2.86. The fourth-order valence-corrected chi connectivity index (χ4v) is 2.37. The van der Waals surface area contributed by atoms with Crippen LogP contribution in [0.25, 0.3) is 11.1 Å². The molecule has 3 rings (SSSR count). The third-order valence-corrected chi connectivity index (χ3v) is 3.56. The maximum atomic E-state index is 11.8. The Hall–Kier alpha value is -3.02. The molecule has 3 aromatic rings. The highest BCUT2D eigenvalue weighted by Gasteiger charge is 2.04. The zero-order valence-electron chi connectivity index (χ0n) is 13.1. The molecule has 1 aromatic heterocycles. The minimum absolute atomic E-state index is 0.0521. The molecule has 0 spiro atoms. The molecule has 0 aliphatic carbocycles. The Labute approximate surface area is 138 Å². The number of benzene rings is 2. The van der Waals surface area contributed by atoms with Crippen LogP contribution in [0, 0.1) is 0 Å². The molecular formula is C18H18N2O4. The largest absolute Gasteiger partial charge is 0.493 e. The molecule has 0 unspecified atom stereocenters. The Morgan fingerprint density at radius 2 is 2.00 bits per heavy atom. The summed E-state index contributed by atoms with van der Waals surface area (Å²) in [5.41, 5.74) is 2.21. The molecule has 0 fully saturated rings. The lowest BCUT2D eigenvalue weighted by Gasteiger charge is -2.07. The van der Waals surface area contributed by atoms with E-state index in [-0.39, 0.29) is 5.91 Å². The number of carbonyl (C=O) groups excluding carboxylic acids is 1. The van der Waals surface area contributed by atoms with E-state index in [1.165, 1.54) is 0 Å². The number of ether oxygens (including phenoxy) is 1. The van der Waals surface area contributed by atoms with Crippen LogP contribution in [0.2, 0.25) is 0 Å². The Morgan fingerprint density at radius 1 is 1.17 bits per heavy atom. The van der Waals surface area contributed by atoms with Crippen molar-refractivity contribution in [3.05, 3.63) is 64.6 Å². The first kappa shape index (κ1) is 15.9. The number of hydrogen-bond donors (Lipinski definition) is 2. The van der Waals surface area contributed by atoms with Crippen LogP contribution < -0.4 is 15.8 Å². The molecule has 0 atom stereocenters. The lowest BCUT2D eigenvalue weighted by molar-refractivity contribution is -0.121. The molecule has 124 valence electrons. The first-order valence-corrected chi connectivity index (χ1v) is 7.77. The van der Waals surface area contributed by atoms with Crippen LogP contribution in [0.3, 0.4) is 0 Å². The number of rotatable bonds is 7. The molecule has 6 nitrogen and oxygen atoms in total. The van der Waals surface area contributed by atoms with Crippen molar-refractivity contribution in [2.45, 2.75) is 12.8 Å². The number of para-hydroxylation sites is 1. The van der Waals surface area contributed by atoms with E-state index in [1.807, 2.05) is 42.5 Å². The Bertz CT molecular complexity index is 867. The van der Waals surface area contributed by atoms with Crippen LogP contribution in [0.15, 0.2) is 57.7 Å². The SMILES string of the molecule is O=C(CCOc1ccccc1)NCCc1ccc2oc(=O)[nH]c2c1. The first-order chi connectivity index (χ1) is 11.7. The van der Waals surface area contributed by atoms with Crippen molar-refractivity contribution in [1.29, 1.82) is 0 Å². The van der Waals surface area contributed by atoms with Gasteiger partial charge in [-0.05, 0) is 36.2 Å². The third-order valence-electron chi connectivity index (χ3n) is 3.56. The second kappa shape index (κ2) is 7.50. The Kier molecular flexibility index (Phi) is 4.96. The zero-order chi connectivity index (χ0) is 16.8. The van der Waals surface area contributed by atoms with E-state index in [2.05, 4.69) is 10.3 Å². The quantitative estimate of drug-likeness (QED) is 0.697. The first-order valence-electron chi connectivity index (χ1n) is 7.77. The topological polar surface area (TPSA) is 84.3 Å². The van der Waals surface area contributed by atoms with Crippen LogP contribution in [0.4, 0.5) is 0 Å². The van der Waals surface area contributed by atoms with Crippen molar-refractivity contribution in [1.82, 2.24) is 10.3 Å². The highest BCUT2D eigenvalue weighted by Crippen LogP contribution is 2.12. The fraction of sp³-hybridized carbons (Fsp3) is 0.222. The van der Waals surface area contributed by atoms with E-state index in [4.69, 9.17) is 9.15 Å². The fourth-order valence-electron chi connectivity index (χ4n) is 2.37. The normalized spacial score (nSPS) is 10.7. The molecule has 0 bridgehead atoms. The van der Waals surface area contributed by atoms with Gasteiger partial charge in [0.05, 0.1) is 18.5 Å². The average molecular weight is 326 g/mol. The average Bonchev–Trinajstić information content (AvgIpc) is 2.95. The summed E-state index contributed by atoms with van der Waals surface area (Å²) < 4.78 is 10.4. The second-order valence-electron chi connectivity index (χ2n) is 5.36. The van der Waals surface area contributed by atoms with E-state index in [0.29, 0.717) is 37.1 Å². The van der Waals surface area contributed by atoms with Gasteiger partial charge in [-0.2, -0.15) is 0 Å². The number of H-pyrrole nitrogens is 1. The van der Waals surface area contributed by atoms with Crippen LogP contribution >= 0.6 is 0 Å². The van der Waals surface area contributed by atoms with Gasteiger partial charge < -0.3 is 14.5 Å². The number of amides is 1. The Balaban J connectivity index is 1.40. The smallest absolute Gasteiger partial charge is 0.417 e. The molecule has 2 N–H and O–H groups in total. The van der Waals surface area contributed by atoms with E-state index in [1.54, 1.807) is 6.07 Å². The molecule has 1 amide bonds. The number of nitrogens with one attached hydrogen (secondary N) is 2. The van der Waals surface area contributed by atoms with Gasteiger partial charge in [-0.25, -0.2) is 4.79 Å². The third kappa shape index (κ3) is 4.25. The Morgan fingerprint density at radius 3 is 2.83 bits per heavy atom. The van der Waals surface area contributed by atoms with Gasteiger partial charge in [0, 0.05) is 6.54 Å². The molecule has 0 saturated heterocycles. The van der Waals surface area contributed by atoms with E-state index >= 15 is 0 Å². The second-order valence-corrected chi connectivity index (χ2v) is 5.36. The molecule has 0 saturated carbocycles. The summed E-state index contributed by atoms with van der Waals surface area (Å²) in [6, 6.07) is 14.9.